The summed E-state index contributed by atoms with van der Waals surface area (Å²) in [5.41, 5.74) is 1.05. The van der Waals surface area contributed by atoms with Crippen LogP contribution in [0.2, 0.25) is 0 Å². The molecule has 2 aromatic carbocycles. The third kappa shape index (κ3) is 3.20. The van der Waals surface area contributed by atoms with Crippen molar-refractivity contribution in [3.63, 3.8) is 0 Å². The Hall–Kier alpha value is -2.67. The Bertz CT molecular complexity index is 929. The molecule has 148 valence electrons. The van der Waals surface area contributed by atoms with E-state index < -0.39 is 17.4 Å². The number of methoxy groups -OCH3 is 2. The van der Waals surface area contributed by atoms with Crippen molar-refractivity contribution >= 4 is 35.1 Å². The van der Waals surface area contributed by atoms with E-state index >= 15 is 0 Å². The van der Waals surface area contributed by atoms with Gasteiger partial charge in [-0.25, -0.2) is 0 Å². The van der Waals surface area contributed by atoms with Crippen LogP contribution in [0.3, 0.4) is 0 Å². The van der Waals surface area contributed by atoms with E-state index in [9.17, 15) is 9.59 Å². The highest BCUT2D eigenvalue weighted by atomic mass is 32.2. The quantitative estimate of drug-likeness (QED) is 0.556. The Morgan fingerprint density at radius 2 is 1.68 bits per heavy atom. The van der Waals surface area contributed by atoms with E-state index in [1.165, 1.54) is 14.0 Å². The summed E-state index contributed by atoms with van der Waals surface area (Å²) in [6, 6.07) is 11.4. The predicted molar refractivity (Wildman–Crippen MR) is 108 cm³/mol. The minimum absolute atomic E-state index is 0.182. The third-order valence-corrected chi connectivity index (χ3v) is 6.02. The summed E-state index contributed by atoms with van der Waals surface area (Å²) in [4.78, 5) is 29.2. The Labute approximate surface area is 168 Å². The van der Waals surface area contributed by atoms with Crippen LogP contribution < -0.4 is 9.64 Å². The molecular weight excluding hydrogens is 378 g/mol. The van der Waals surface area contributed by atoms with E-state index in [0.717, 1.165) is 26.9 Å². The lowest BCUT2D eigenvalue weighted by Crippen LogP contribution is -2.43. The normalized spacial score (nSPS) is 14.4. The Morgan fingerprint density at radius 3 is 2.29 bits per heavy atom. The molecule has 1 heterocycles. The zero-order valence-electron chi connectivity index (χ0n) is 16.6. The van der Waals surface area contributed by atoms with Crippen LogP contribution in [-0.2, 0) is 24.5 Å². The van der Waals surface area contributed by atoms with Gasteiger partial charge in [-0.2, -0.15) is 0 Å². The first kappa shape index (κ1) is 20.1. The highest BCUT2D eigenvalue weighted by molar-refractivity contribution is 7.99. The van der Waals surface area contributed by atoms with Crippen LogP contribution in [0.15, 0.2) is 46.2 Å². The Kier molecular flexibility index (Phi) is 5.56. The first-order valence-corrected chi connectivity index (χ1v) is 9.68. The van der Waals surface area contributed by atoms with Crippen molar-refractivity contribution in [2.45, 2.75) is 29.1 Å². The number of ether oxygens (including phenoxy) is 3. The van der Waals surface area contributed by atoms with Crippen molar-refractivity contribution in [1.82, 2.24) is 0 Å². The summed E-state index contributed by atoms with van der Waals surface area (Å²) in [6.45, 7) is 3.42. The largest absolute Gasteiger partial charge is 0.497 e. The van der Waals surface area contributed by atoms with Crippen molar-refractivity contribution in [3.8, 4) is 5.75 Å². The molecule has 0 saturated heterocycles. The van der Waals surface area contributed by atoms with Crippen LogP contribution in [0.25, 0.3) is 0 Å². The zero-order valence-corrected chi connectivity index (χ0v) is 17.4. The van der Waals surface area contributed by atoms with Crippen LogP contribution >= 0.6 is 11.8 Å². The standard InChI is InChI=1S/C21H23NO5S/c1-6-27-20(24)21(2,19(23)26-5)13-7-9-15-17(11-13)28-18-12-14(25-4)8-10-16(18)22(15)3/h7-12H,6H2,1-5H3. The molecule has 1 unspecified atom stereocenters. The van der Waals surface area contributed by atoms with Gasteiger partial charge in [0.2, 0.25) is 0 Å². The smallest absolute Gasteiger partial charge is 0.327 e. The maximum absolute atomic E-state index is 12.6. The van der Waals surface area contributed by atoms with Crippen LogP contribution in [0, 0.1) is 0 Å². The molecule has 0 fully saturated rings. The number of fused-ring (bicyclic) bond motifs is 2. The van der Waals surface area contributed by atoms with E-state index in [-0.39, 0.29) is 6.61 Å². The lowest BCUT2D eigenvalue weighted by Gasteiger charge is -2.31. The highest BCUT2D eigenvalue weighted by Gasteiger charge is 2.46. The third-order valence-electron chi connectivity index (χ3n) is 4.92. The molecule has 2 aromatic rings. The number of hydrogen-bond acceptors (Lipinski definition) is 7. The van der Waals surface area contributed by atoms with Gasteiger partial charge in [-0.05, 0) is 49.7 Å². The van der Waals surface area contributed by atoms with Crippen LogP contribution in [0.4, 0.5) is 11.4 Å². The van der Waals surface area contributed by atoms with Crippen molar-refractivity contribution in [2.75, 3.05) is 32.8 Å². The van der Waals surface area contributed by atoms with Gasteiger partial charge in [-0.3, -0.25) is 9.59 Å². The minimum atomic E-state index is -1.53. The number of benzene rings is 2. The summed E-state index contributed by atoms with van der Waals surface area (Å²) in [6.07, 6.45) is 0. The van der Waals surface area contributed by atoms with Crippen molar-refractivity contribution in [2.24, 2.45) is 0 Å². The number of esters is 2. The van der Waals surface area contributed by atoms with Crippen molar-refractivity contribution in [3.05, 3.63) is 42.0 Å². The second kappa shape index (κ2) is 7.75. The van der Waals surface area contributed by atoms with Gasteiger partial charge in [0.05, 0.1) is 32.2 Å². The molecule has 0 amide bonds. The van der Waals surface area contributed by atoms with Gasteiger partial charge in [0.25, 0.3) is 0 Å². The van der Waals surface area contributed by atoms with Gasteiger partial charge in [0, 0.05) is 16.8 Å². The Morgan fingerprint density at radius 1 is 1.04 bits per heavy atom. The van der Waals surface area contributed by atoms with Gasteiger partial charge in [0.1, 0.15) is 5.75 Å². The van der Waals surface area contributed by atoms with Crippen molar-refractivity contribution < 1.29 is 23.8 Å². The molecule has 7 heteroatoms. The summed E-state index contributed by atoms with van der Waals surface area (Å²) in [5.74, 6) is -0.509. The first-order valence-electron chi connectivity index (χ1n) is 8.86. The molecule has 0 N–H and O–H groups in total. The average Bonchev–Trinajstić information content (AvgIpc) is 2.71. The van der Waals surface area contributed by atoms with Crippen LogP contribution in [0.5, 0.6) is 5.75 Å². The number of rotatable bonds is 5. The zero-order chi connectivity index (χ0) is 20.5. The molecule has 0 bridgehead atoms. The second-order valence-corrected chi connectivity index (χ2v) is 7.60. The fourth-order valence-corrected chi connectivity index (χ4v) is 4.43. The molecule has 0 aromatic heterocycles. The molecular formula is C21H23NO5S. The van der Waals surface area contributed by atoms with Gasteiger partial charge in [-0.15, -0.1) is 0 Å². The monoisotopic (exact) mass is 401 g/mol. The van der Waals surface area contributed by atoms with Gasteiger partial charge in [-0.1, -0.05) is 17.8 Å². The molecule has 0 aliphatic carbocycles. The second-order valence-electron chi connectivity index (χ2n) is 6.51. The number of anilines is 2. The maximum atomic E-state index is 12.6. The Balaban J connectivity index is 2.08. The fourth-order valence-electron chi connectivity index (χ4n) is 3.21. The number of hydrogen-bond donors (Lipinski definition) is 0. The average molecular weight is 401 g/mol. The molecule has 1 atom stereocenters. The SMILES string of the molecule is CCOC(=O)C(C)(C(=O)OC)c1ccc2c(c1)Sc1cc(OC)ccc1N2C. The van der Waals surface area contributed by atoms with E-state index in [2.05, 4.69) is 4.90 Å². The number of nitrogens with zero attached hydrogens (tertiary/aromatic N) is 1. The fraction of sp³-hybridized carbons (Fsp3) is 0.333. The molecule has 6 nitrogen and oxygen atoms in total. The minimum Gasteiger partial charge on any atom is -0.497 e. The summed E-state index contributed by atoms with van der Waals surface area (Å²) >= 11 is 1.56. The van der Waals surface area contributed by atoms with Gasteiger partial charge in [0.15, 0.2) is 5.41 Å². The molecule has 0 saturated carbocycles. The van der Waals surface area contributed by atoms with Crippen molar-refractivity contribution in [1.29, 1.82) is 0 Å². The van der Waals surface area contributed by atoms with E-state index in [0.29, 0.717) is 5.56 Å². The van der Waals surface area contributed by atoms with Crippen LogP contribution in [-0.4, -0.2) is 39.8 Å². The number of carbonyl (C=O) groups excluding carboxylic acids is 2. The predicted octanol–water partition coefficient (Wildman–Crippen LogP) is 3.92. The van der Waals surface area contributed by atoms with Crippen LogP contribution in [0.1, 0.15) is 19.4 Å². The molecule has 0 radical (unpaired) electrons. The topological polar surface area (TPSA) is 65.1 Å². The maximum Gasteiger partial charge on any atom is 0.327 e. The summed E-state index contributed by atoms with van der Waals surface area (Å²) in [7, 11) is 4.88. The van der Waals surface area contributed by atoms with Gasteiger partial charge < -0.3 is 19.1 Å². The van der Waals surface area contributed by atoms with E-state index in [1.807, 2.05) is 37.4 Å². The first-order chi connectivity index (χ1) is 13.4. The van der Waals surface area contributed by atoms with Gasteiger partial charge >= 0.3 is 11.9 Å². The number of carbonyl (C=O) groups is 2. The molecule has 0 spiro atoms. The molecule has 1 aliphatic rings. The molecule has 1 aliphatic heterocycles. The highest BCUT2D eigenvalue weighted by Crippen LogP contribution is 2.49. The van der Waals surface area contributed by atoms with E-state index in [1.54, 1.807) is 31.9 Å². The lowest BCUT2D eigenvalue weighted by molar-refractivity contribution is -0.162. The molecule has 28 heavy (non-hydrogen) atoms. The van der Waals surface area contributed by atoms with E-state index in [4.69, 9.17) is 14.2 Å². The lowest BCUT2D eigenvalue weighted by atomic mass is 9.82. The summed E-state index contributed by atoms with van der Waals surface area (Å²) in [5, 5.41) is 0. The molecule has 3 rings (SSSR count). The summed E-state index contributed by atoms with van der Waals surface area (Å²) < 4.78 is 15.4.